The fraction of sp³-hybridized carbons (Fsp3) is 0.0800. The number of allylic oxidation sites excluding steroid dienone is 1. The molecule has 0 fully saturated rings. The van der Waals surface area contributed by atoms with Crippen molar-refractivity contribution in [3.8, 4) is 11.1 Å². The maximum atomic E-state index is 12.7. The first-order valence-electron chi connectivity index (χ1n) is 9.62. The fourth-order valence-electron chi connectivity index (χ4n) is 3.59. The molecule has 0 atom stereocenters. The highest BCUT2D eigenvalue weighted by Gasteiger charge is 2.26. The molecular formula is C25H18BrClNO3+. The standard InChI is InChI=1S/C25H17BrClNO3/c26-21-6-9-23(18-3-1-2-16(10-18)11-25(30)31)20(12-21)15-28-14-19(13-24(28)29)17-4-7-22(27)8-5-17/h1-10,12-14H,11,15H2/p+1. The molecule has 154 valence electrons. The molecule has 0 aliphatic carbocycles. The summed E-state index contributed by atoms with van der Waals surface area (Å²) in [7, 11) is 0. The summed E-state index contributed by atoms with van der Waals surface area (Å²) >= 11 is 9.49. The minimum atomic E-state index is -0.869. The molecule has 0 unspecified atom stereocenters. The summed E-state index contributed by atoms with van der Waals surface area (Å²) < 4.78 is 2.58. The Kier molecular flexibility index (Phi) is 6.16. The van der Waals surface area contributed by atoms with Crippen molar-refractivity contribution in [2.24, 2.45) is 0 Å². The predicted molar refractivity (Wildman–Crippen MR) is 125 cm³/mol. The molecule has 1 aliphatic rings. The van der Waals surface area contributed by atoms with Crippen molar-refractivity contribution in [2.75, 3.05) is 0 Å². The van der Waals surface area contributed by atoms with Crippen molar-refractivity contribution in [2.45, 2.75) is 13.0 Å². The fourth-order valence-corrected chi connectivity index (χ4v) is 4.12. The summed E-state index contributed by atoms with van der Waals surface area (Å²) in [4.78, 5) is 23.7. The SMILES string of the molecule is O=C(O)Cc1cccc(-c2ccc(Br)cc2C[N+]2=CC(c3ccc(Cl)cc3)=CC2=O)c1. The van der Waals surface area contributed by atoms with E-state index in [1.54, 1.807) is 28.9 Å². The quantitative estimate of drug-likeness (QED) is 0.453. The molecule has 3 aromatic rings. The number of halogens is 2. The van der Waals surface area contributed by atoms with Gasteiger partial charge in [-0.15, -0.1) is 0 Å². The second kappa shape index (κ2) is 9.00. The molecule has 1 N–H and O–H groups in total. The van der Waals surface area contributed by atoms with Crippen molar-refractivity contribution in [1.29, 1.82) is 0 Å². The van der Waals surface area contributed by atoms with Gasteiger partial charge in [0.05, 0.1) is 18.1 Å². The molecule has 0 radical (unpaired) electrons. The lowest BCUT2D eigenvalue weighted by Gasteiger charge is -2.10. The van der Waals surface area contributed by atoms with Crippen LogP contribution >= 0.6 is 27.5 Å². The van der Waals surface area contributed by atoms with Gasteiger partial charge in [0.25, 0.3) is 0 Å². The Morgan fingerprint density at radius 1 is 1.00 bits per heavy atom. The van der Waals surface area contributed by atoms with Gasteiger partial charge in [0.15, 0.2) is 12.8 Å². The topological polar surface area (TPSA) is 57.4 Å². The molecule has 31 heavy (non-hydrogen) atoms. The van der Waals surface area contributed by atoms with Gasteiger partial charge in [-0.2, -0.15) is 4.58 Å². The van der Waals surface area contributed by atoms with E-state index in [1.807, 2.05) is 54.7 Å². The molecule has 1 amide bonds. The highest BCUT2D eigenvalue weighted by molar-refractivity contribution is 9.10. The summed E-state index contributed by atoms with van der Waals surface area (Å²) in [6.07, 6.45) is 3.43. The zero-order chi connectivity index (χ0) is 22.0. The lowest BCUT2D eigenvalue weighted by atomic mass is 9.97. The maximum Gasteiger partial charge on any atom is 0.413 e. The van der Waals surface area contributed by atoms with Crippen LogP contribution in [-0.4, -0.2) is 27.8 Å². The molecule has 1 aliphatic heterocycles. The van der Waals surface area contributed by atoms with E-state index < -0.39 is 5.97 Å². The van der Waals surface area contributed by atoms with E-state index in [0.717, 1.165) is 37.9 Å². The van der Waals surface area contributed by atoms with Crippen LogP contribution in [0.1, 0.15) is 16.7 Å². The zero-order valence-corrected chi connectivity index (χ0v) is 18.7. The van der Waals surface area contributed by atoms with Crippen LogP contribution in [0.5, 0.6) is 0 Å². The van der Waals surface area contributed by atoms with E-state index in [4.69, 9.17) is 16.7 Å². The summed E-state index contributed by atoms with van der Waals surface area (Å²) in [6, 6.07) is 20.8. The largest absolute Gasteiger partial charge is 0.481 e. The third-order valence-electron chi connectivity index (χ3n) is 5.04. The van der Waals surface area contributed by atoms with Gasteiger partial charge in [-0.1, -0.05) is 70.0 Å². The van der Waals surface area contributed by atoms with Crippen LogP contribution in [0.4, 0.5) is 0 Å². The number of nitrogens with zero attached hydrogens (tertiary/aromatic N) is 1. The minimum Gasteiger partial charge on any atom is -0.481 e. The average molecular weight is 496 g/mol. The number of rotatable bonds is 6. The Morgan fingerprint density at radius 3 is 2.52 bits per heavy atom. The van der Waals surface area contributed by atoms with E-state index in [2.05, 4.69) is 15.9 Å². The number of carboxylic acids is 1. The van der Waals surface area contributed by atoms with Crippen molar-refractivity contribution in [3.63, 3.8) is 0 Å². The third-order valence-corrected chi connectivity index (χ3v) is 5.78. The summed E-state index contributed by atoms with van der Waals surface area (Å²) in [5.74, 6) is -0.957. The lowest BCUT2D eigenvalue weighted by molar-refractivity contribution is -0.452. The molecule has 4 rings (SSSR count). The first-order valence-corrected chi connectivity index (χ1v) is 10.8. The van der Waals surface area contributed by atoms with Gasteiger partial charge in [0, 0.05) is 15.1 Å². The first-order chi connectivity index (χ1) is 14.9. The predicted octanol–water partition coefficient (Wildman–Crippen LogP) is 5.60. The van der Waals surface area contributed by atoms with Crippen LogP contribution in [-0.2, 0) is 22.6 Å². The van der Waals surface area contributed by atoms with Crippen molar-refractivity contribution in [1.82, 2.24) is 0 Å². The van der Waals surface area contributed by atoms with Crippen LogP contribution in [0, 0.1) is 0 Å². The summed E-state index contributed by atoms with van der Waals surface area (Å²) in [5, 5.41) is 9.75. The Bertz CT molecular complexity index is 1250. The maximum absolute atomic E-state index is 12.7. The van der Waals surface area contributed by atoms with Crippen LogP contribution in [0.3, 0.4) is 0 Å². The van der Waals surface area contributed by atoms with Crippen LogP contribution in [0.2, 0.25) is 5.02 Å². The zero-order valence-electron chi connectivity index (χ0n) is 16.4. The van der Waals surface area contributed by atoms with Crippen molar-refractivity contribution >= 4 is 51.2 Å². The number of carbonyl (C=O) groups is 2. The number of carboxylic acid groups (broad SMARTS) is 1. The smallest absolute Gasteiger partial charge is 0.413 e. The monoisotopic (exact) mass is 494 g/mol. The normalized spacial score (nSPS) is 13.2. The molecule has 0 aromatic heterocycles. The summed E-state index contributed by atoms with van der Waals surface area (Å²) in [6.45, 7) is 0.393. The van der Waals surface area contributed by atoms with Gasteiger partial charge in [-0.25, -0.2) is 4.79 Å². The van der Waals surface area contributed by atoms with E-state index in [1.165, 1.54) is 0 Å². The Balaban J connectivity index is 1.66. The van der Waals surface area contributed by atoms with Crippen LogP contribution in [0.15, 0.2) is 77.3 Å². The number of aliphatic carboxylic acids is 1. The Labute approximate surface area is 193 Å². The van der Waals surface area contributed by atoms with Crippen LogP contribution in [0.25, 0.3) is 16.7 Å². The van der Waals surface area contributed by atoms with Gasteiger partial charge in [-0.3, -0.25) is 4.79 Å². The Hall–Kier alpha value is -3.02. The third kappa shape index (κ3) is 5.01. The molecule has 0 saturated heterocycles. The van der Waals surface area contributed by atoms with Crippen LogP contribution < -0.4 is 0 Å². The molecule has 4 nitrogen and oxygen atoms in total. The number of amides is 1. The number of carbonyl (C=O) groups excluding carboxylic acids is 1. The van der Waals surface area contributed by atoms with Gasteiger partial charge in [0.2, 0.25) is 0 Å². The lowest BCUT2D eigenvalue weighted by Crippen LogP contribution is -2.16. The second-order valence-electron chi connectivity index (χ2n) is 7.27. The Morgan fingerprint density at radius 2 is 1.77 bits per heavy atom. The van der Waals surface area contributed by atoms with Gasteiger partial charge in [0.1, 0.15) is 0 Å². The molecule has 6 heteroatoms. The second-order valence-corrected chi connectivity index (χ2v) is 8.63. The van der Waals surface area contributed by atoms with Gasteiger partial charge in [-0.05, 0) is 46.5 Å². The van der Waals surface area contributed by atoms with Crippen molar-refractivity contribution in [3.05, 3.63) is 99.0 Å². The van der Waals surface area contributed by atoms with E-state index in [9.17, 15) is 9.59 Å². The van der Waals surface area contributed by atoms with E-state index in [-0.39, 0.29) is 12.3 Å². The van der Waals surface area contributed by atoms with Gasteiger partial charge < -0.3 is 5.11 Å². The highest BCUT2D eigenvalue weighted by Crippen LogP contribution is 2.29. The van der Waals surface area contributed by atoms with Gasteiger partial charge >= 0.3 is 11.9 Å². The molecule has 0 bridgehead atoms. The summed E-state index contributed by atoms with van der Waals surface area (Å²) in [5.41, 5.74) is 5.32. The number of hydrogen-bond acceptors (Lipinski definition) is 2. The first kappa shape index (κ1) is 21.2. The number of benzene rings is 3. The molecule has 3 aromatic carbocycles. The molecular weight excluding hydrogens is 478 g/mol. The average Bonchev–Trinajstić information content (AvgIpc) is 3.08. The number of hydrogen-bond donors (Lipinski definition) is 1. The van der Waals surface area contributed by atoms with Crippen molar-refractivity contribution < 1.29 is 19.3 Å². The minimum absolute atomic E-state index is 0.0353. The van der Waals surface area contributed by atoms with E-state index >= 15 is 0 Å². The molecule has 0 spiro atoms. The molecule has 0 saturated carbocycles. The molecule has 1 heterocycles. The highest BCUT2D eigenvalue weighted by atomic mass is 79.9. The van der Waals surface area contributed by atoms with E-state index in [0.29, 0.717) is 11.6 Å².